The zero-order valence-corrected chi connectivity index (χ0v) is 7.00. The normalized spacial score (nSPS) is 24.9. The SMILES string of the molecule is CC1(C)OCC(CC=O)CO1. The maximum absolute atomic E-state index is 10.1. The zero-order chi connectivity index (χ0) is 8.32. The minimum atomic E-state index is -0.459. The molecule has 0 N–H and O–H groups in total. The predicted molar refractivity (Wildman–Crippen MR) is 40.2 cm³/mol. The van der Waals surface area contributed by atoms with Crippen molar-refractivity contribution in [3.05, 3.63) is 0 Å². The third-order valence-electron chi connectivity index (χ3n) is 1.76. The van der Waals surface area contributed by atoms with Gasteiger partial charge in [0.1, 0.15) is 6.29 Å². The first-order valence-corrected chi connectivity index (χ1v) is 3.85. The van der Waals surface area contributed by atoms with E-state index >= 15 is 0 Å². The molecule has 3 heteroatoms. The van der Waals surface area contributed by atoms with Crippen LogP contribution in [0.5, 0.6) is 0 Å². The number of carbonyl (C=O) groups excluding carboxylic acids is 1. The number of aldehydes is 1. The molecule has 1 fully saturated rings. The molecule has 0 atom stereocenters. The third-order valence-corrected chi connectivity index (χ3v) is 1.76. The van der Waals surface area contributed by atoms with Gasteiger partial charge in [-0.25, -0.2) is 0 Å². The van der Waals surface area contributed by atoms with Crippen molar-refractivity contribution in [2.75, 3.05) is 13.2 Å². The van der Waals surface area contributed by atoms with Crippen LogP contribution in [0.1, 0.15) is 20.3 Å². The lowest BCUT2D eigenvalue weighted by Gasteiger charge is -2.34. The summed E-state index contributed by atoms with van der Waals surface area (Å²) in [6.07, 6.45) is 1.45. The smallest absolute Gasteiger partial charge is 0.162 e. The quantitative estimate of drug-likeness (QED) is 0.562. The summed E-state index contributed by atoms with van der Waals surface area (Å²) in [4.78, 5) is 10.1. The van der Waals surface area contributed by atoms with Crippen molar-refractivity contribution in [3.8, 4) is 0 Å². The molecule has 3 nitrogen and oxygen atoms in total. The van der Waals surface area contributed by atoms with Crippen LogP contribution in [0.4, 0.5) is 0 Å². The maximum atomic E-state index is 10.1. The van der Waals surface area contributed by atoms with Gasteiger partial charge in [-0.15, -0.1) is 0 Å². The number of rotatable bonds is 2. The summed E-state index contributed by atoms with van der Waals surface area (Å²) < 4.78 is 10.7. The summed E-state index contributed by atoms with van der Waals surface area (Å²) in [5.41, 5.74) is 0. The maximum Gasteiger partial charge on any atom is 0.162 e. The molecule has 1 aliphatic rings. The van der Waals surface area contributed by atoms with Gasteiger partial charge in [-0.1, -0.05) is 0 Å². The monoisotopic (exact) mass is 158 g/mol. The molecule has 1 rings (SSSR count). The average Bonchev–Trinajstić information content (AvgIpc) is 1.94. The van der Waals surface area contributed by atoms with Crippen LogP contribution in [0.25, 0.3) is 0 Å². The number of hydrogen-bond acceptors (Lipinski definition) is 3. The van der Waals surface area contributed by atoms with Crippen molar-refractivity contribution in [3.63, 3.8) is 0 Å². The van der Waals surface area contributed by atoms with Crippen LogP contribution in [-0.4, -0.2) is 25.3 Å². The topological polar surface area (TPSA) is 35.5 Å². The van der Waals surface area contributed by atoms with Crippen LogP contribution in [0.15, 0.2) is 0 Å². The summed E-state index contributed by atoms with van der Waals surface area (Å²) in [5, 5.41) is 0. The van der Waals surface area contributed by atoms with E-state index in [9.17, 15) is 4.79 Å². The standard InChI is InChI=1S/C8H14O3/c1-8(2)10-5-7(3-4-9)6-11-8/h4,7H,3,5-6H2,1-2H3. The number of hydrogen-bond donors (Lipinski definition) is 0. The Balaban J connectivity index is 2.30. The fourth-order valence-corrected chi connectivity index (χ4v) is 0.999. The molecule has 0 unspecified atom stereocenters. The second-order valence-electron chi connectivity index (χ2n) is 3.29. The van der Waals surface area contributed by atoms with Crippen LogP contribution in [0.2, 0.25) is 0 Å². The van der Waals surface area contributed by atoms with Crippen molar-refractivity contribution in [1.82, 2.24) is 0 Å². The van der Waals surface area contributed by atoms with E-state index in [0.717, 1.165) is 6.29 Å². The van der Waals surface area contributed by atoms with Crippen LogP contribution in [-0.2, 0) is 14.3 Å². The van der Waals surface area contributed by atoms with Crippen LogP contribution >= 0.6 is 0 Å². The first-order chi connectivity index (χ1) is 5.14. The zero-order valence-electron chi connectivity index (χ0n) is 7.00. The van der Waals surface area contributed by atoms with Crippen molar-refractivity contribution < 1.29 is 14.3 Å². The lowest BCUT2D eigenvalue weighted by Crippen LogP contribution is -2.39. The van der Waals surface area contributed by atoms with Gasteiger partial charge in [0, 0.05) is 12.3 Å². The van der Waals surface area contributed by atoms with Gasteiger partial charge < -0.3 is 14.3 Å². The first-order valence-electron chi connectivity index (χ1n) is 3.85. The Morgan fingerprint density at radius 2 is 2.00 bits per heavy atom. The lowest BCUT2D eigenvalue weighted by molar-refractivity contribution is -0.261. The van der Waals surface area contributed by atoms with Crippen LogP contribution in [0, 0.1) is 5.92 Å². The summed E-state index contributed by atoms with van der Waals surface area (Å²) in [6, 6.07) is 0. The van der Waals surface area contributed by atoms with E-state index in [-0.39, 0.29) is 5.92 Å². The first kappa shape index (κ1) is 8.68. The Labute approximate surface area is 66.7 Å². The fraction of sp³-hybridized carbons (Fsp3) is 0.875. The molecule has 1 heterocycles. The van der Waals surface area contributed by atoms with E-state index in [2.05, 4.69) is 0 Å². The Hall–Kier alpha value is -0.410. The summed E-state index contributed by atoms with van der Waals surface area (Å²) >= 11 is 0. The second-order valence-corrected chi connectivity index (χ2v) is 3.29. The van der Waals surface area contributed by atoms with Crippen molar-refractivity contribution in [2.24, 2.45) is 5.92 Å². The van der Waals surface area contributed by atoms with Gasteiger partial charge >= 0.3 is 0 Å². The van der Waals surface area contributed by atoms with E-state index in [0.29, 0.717) is 19.6 Å². The molecule has 64 valence electrons. The minimum absolute atomic E-state index is 0.250. The van der Waals surface area contributed by atoms with E-state index in [1.54, 1.807) is 0 Å². The molecule has 0 aliphatic carbocycles. The highest BCUT2D eigenvalue weighted by Gasteiger charge is 2.27. The Kier molecular flexibility index (Phi) is 2.62. The molecule has 11 heavy (non-hydrogen) atoms. The molecule has 0 radical (unpaired) electrons. The molecule has 0 aromatic carbocycles. The predicted octanol–water partition coefficient (Wildman–Crippen LogP) is 0.975. The summed E-state index contributed by atoms with van der Waals surface area (Å²) in [6.45, 7) is 5.02. The Morgan fingerprint density at radius 3 is 2.45 bits per heavy atom. The molecule has 0 amide bonds. The van der Waals surface area contributed by atoms with Crippen LogP contribution in [0.3, 0.4) is 0 Å². The van der Waals surface area contributed by atoms with Gasteiger partial charge in [0.15, 0.2) is 5.79 Å². The lowest BCUT2D eigenvalue weighted by atomic mass is 10.1. The molecule has 0 aromatic rings. The third kappa shape index (κ3) is 2.60. The molecule has 0 bridgehead atoms. The van der Waals surface area contributed by atoms with Gasteiger partial charge in [-0.05, 0) is 13.8 Å². The van der Waals surface area contributed by atoms with E-state index in [1.165, 1.54) is 0 Å². The highest BCUT2D eigenvalue weighted by molar-refractivity contribution is 5.49. The molecular weight excluding hydrogens is 144 g/mol. The van der Waals surface area contributed by atoms with Gasteiger partial charge in [0.2, 0.25) is 0 Å². The molecule has 0 saturated carbocycles. The molecule has 0 spiro atoms. The highest BCUT2D eigenvalue weighted by Crippen LogP contribution is 2.21. The second kappa shape index (κ2) is 3.32. The fourth-order valence-electron chi connectivity index (χ4n) is 0.999. The number of carbonyl (C=O) groups is 1. The van der Waals surface area contributed by atoms with E-state index in [4.69, 9.17) is 9.47 Å². The molecular formula is C8H14O3. The molecule has 0 aromatic heterocycles. The minimum Gasteiger partial charge on any atom is -0.350 e. The van der Waals surface area contributed by atoms with Crippen molar-refractivity contribution in [1.29, 1.82) is 0 Å². The largest absolute Gasteiger partial charge is 0.350 e. The Bertz CT molecular complexity index is 132. The summed E-state index contributed by atoms with van der Waals surface area (Å²) in [7, 11) is 0. The highest BCUT2D eigenvalue weighted by atomic mass is 16.7. The average molecular weight is 158 g/mol. The van der Waals surface area contributed by atoms with Crippen molar-refractivity contribution in [2.45, 2.75) is 26.1 Å². The van der Waals surface area contributed by atoms with Gasteiger partial charge in [-0.3, -0.25) is 0 Å². The van der Waals surface area contributed by atoms with Gasteiger partial charge in [0.05, 0.1) is 13.2 Å². The van der Waals surface area contributed by atoms with Crippen LogP contribution < -0.4 is 0 Å². The number of ether oxygens (including phenoxy) is 2. The van der Waals surface area contributed by atoms with Crippen molar-refractivity contribution >= 4 is 6.29 Å². The van der Waals surface area contributed by atoms with E-state index in [1.807, 2.05) is 13.8 Å². The van der Waals surface area contributed by atoms with E-state index < -0.39 is 5.79 Å². The summed E-state index contributed by atoms with van der Waals surface area (Å²) in [5.74, 6) is -0.208. The van der Waals surface area contributed by atoms with Gasteiger partial charge in [-0.2, -0.15) is 0 Å². The molecule has 1 saturated heterocycles. The van der Waals surface area contributed by atoms with Gasteiger partial charge in [0.25, 0.3) is 0 Å². The molecule has 1 aliphatic heterocycles. The Morgan fingerprint density at radius 1 is 1.45 bits per heavy atom.